The first kappa shape index (κ1) is 7.69. The molecule has 1 N–H and O–H groups in total. The van der Waals surface area contributed by atoms with E-state index in [0.717, 1.165) is 5.92 Å². The molecule has 0 aliphatic heterocycles. The van der Waals surface area contributed by atoms with Gasteiger partial charge in [-0.15, -0.1) is 0 Å². The average molecular weight is 213 g/mol. The molecule has 0 aromatic carbocycles. The maximum absolute atomic E-state index is 3.13. The van der Waals surface area contributed by atoms with E-state index in [1.807, 2.05) is 0 Å². The highest BCUT2D eigenvalue weighted by atomic mass is 127. The van der Waals surface area contributed by atoms with Gasteiger partial charge in [-0.25, -0.2) is 0 Å². The molecule has 0 saturated carbocycles. The lowest BCUT2D eigenvalue weighted by atomic mass is 10.1. The van der Waals surface area contributed by atoms with Crippen molar-refractivity contribution in [2.75, 3.05) is 0 Å². The van der Waals surface area contributed by atoms with Crippen LogP contribution in [0.3, 0.4) is 0 Å². The van der Waals surface area contributed by atoms with Crippen molar-refractivity contribution in [1.82, 2.24) is 3.53 Å². The van der Waals surface area contributed by atoms with Crippen molar-refractivity contribution in [3.05, 3.63) is 0 Å². The molecule has 7 heavy (non-hydrogen) atoms. The average Bonchev–Trinajstić information content (AvgIpc) is 1.65. The minimum atomic E-state index is 0.639. The first-order chi connectivity index (χ1) is 3.18. The van der Waals surface area contributed by atoms with Gasteiger partial charge in [-0.05, 0) is 12.8 Å². The second-order valence-corrected chi connectivity index (χ2v) is 2.76. The summed E-state index contributed by atoms with van der Waals surface area (Å²) in [5, 5.41) is 0. The molecule has 0 bridgehead atoms. The highest BCUT2D eigenvalue weighted by molar-refractivity contribution is 14.1. The SMILES string of the molecule is CC(C)[C@@H](C)NI. The van der Waals surface area contributed by atoms with Crippen LogP contribution in [0.15, 0.2) is 0 Å². The van der Waals surface area contributed by atoms with E-state index in [1.54, 1.807) is 0 Å². The van der Waals surface area contributed by atoms with Crippen LogP contribution >= 0.6 is 22.9 Å². The standard InChI is InChI=1S/C5H12IN/c1-4(2)5(3)7-6/h4-5,7H,1-3H3/t5-/m1/s1. The Morgan fingerprint density at radius 3 is 1.71 bits per heavy atom. The van der Waals surface area contributed by atoms with Crippen LogP contribution in [0.1, 0.15) is 20.8 Å². The van der Waals surface area contributed by atoms with Crippen molar-refractivity contribution in [3.63, 3.8) is 0 Å². The lowest BCUT2D eigenvalue weighted by molar-refractivity contribution is 0.512. The summed E-state index contributed by atoms with van der Waals surface area (Å²) in [6, 6.07) is 0.639. The van der Waals surface area contributed by atoms with Crippen molar-refractivity contribution in [2.45, 2.75) is 26.8 Å². The summed E-state index contributed by atoms with van der Waals surface area (Å²) in [5.74, 6) is 0.747. The fourth-order valence-electron chi connectivity index (χ4n) is 0.126. The van der Waals surface area contributed by atoms with Gasteiger partial charge in [-0.1, -0.05) is 13.8 Å². The summed E-state index contributed by atoms with van der Waals surface area (Å²) in [4.78, 5) is 0. The van der Waals surface area contributed by atoms with Crippen LogP contribution in [-0.4, -0.2) is 6.04 Å². The Balaban J connectivity index is 3.14. The summed E-state index contributed by atoms with van der Waals surface area (Å²) in [7, 11) is 0. The van der Waals surface area contributed by atoms with E-state index >= 15 is 0 Å². The molecule has 0 rings (SSSR count). The van der Waals surface area contributed by atoms with Crippen molar-refractivity contribution in [3.8, 4) is 0 Å². The van der Waals surface area contributed by atoms with E-state index in [-0.39, 0.29) is 0 Å². The van der Waals surface area contributed by atoms with Crippen molar-refractivity contribution in [2.24, 2.45) is 5.92 Å². The Kier molecular flexibility index (Phi) is 4.02. The van der Waals surface area contributed by atoms with Crippen LogP contribution in [0.5, 0.6) is 0 Å². The monoisotopic (exact) mass is 213 g/mol. The van der Waals surface area contributed by atoms with E-state index in [1.165, 1.54) is 0 Å². The van der Waals surface area contributed by atoms with E-state index in [2.05, 4.69) is 47.2 Å². The molecule has 0 aliphatic rings. The molecule has 0 spiro atoms. The number of hydrogen-bond acceptors (Lipinski definition) is 1. The number of rotatable bonds is 2. The molecule has 44 valence electrons. The Hall–Kier alpha value is 0.690. The normalized spacial score (nSPS) is 15.0. The Bertz CT molecular complexity index is 45.3. The zero-order valence-electron chi connectivity index (χ0n) is 5.03. The summed E-state index contributed by atoms with van der Waals surface area (Å²) in [5.41, 5.74) is 0. The predicted octanol–water partition coefficient (Wildman–Crippen LogP) is 1.97. The lowest BCUT2D eigenvalue weighted by Gasteiger charge is -2.11. The minimum Gasteiger partial charge on any atom is -0.258 e. The van der Waals surface area contributed by atoms with Crippen LogP contribution in [0.4, 0.5) is 0 Å². The molecule has 0 amide bonds. The maximum Gasteiger partial charge on any atom is 0.0172 e. The Morgan fingerprint density at radius 2 is 1.71 bits per heavy atom. The van der Waals surface area contributed by atoms with Gasteiger partial charge < -0.3 is 0 Å². The molecule has 0 unspecified atom stereocenters. The lowest BCUT2D eigenvalue weighted by Crippen LogP contribution is -2.21. The second-order valence-electron chi connectivity index (χ2n) is 2.14. The van der Waals surface area contributed by atoms with Gasteiger partial charge in [0.05, 0.1) is 0 Å². The molecule has 0 radical (unpaired) electrons. The van der Waals surface area contributed by atoms with Gasteiger partial charge in [0.25, 0.3) is 0 Å². The van der Waals surface area contributed by atoms with Gasteiger partial charge in [0.2, 0.25) is 0 Å². The van der Waals surface area contributed by atoms with Gasteiger partial charge >= 0.3 is 0 Å². The number of hydrogen-bond donors (Lipinski definition) is 1. The van der Waals surface area contributed by atoms with E-state index < -0.39 is 0 Å². The second kappa shape index (κ2) is 3.66. The highest BCUT2D eigenvalue weighted by Crippen LogP contribution is 2.00. The van der Waals surface area contributed by atoms with Crippen LogP contribution in [0, 0.1) is 5.92 Å². The van der Waals surface area contributed by atoms with Gasteiger partial charge in [0.15, 0.2) is 0 Å². The molecule has 0 aliphatic carbocycles. The molecule has 0 aromatic heterocycles. The van der Waals surface area contributed by atoms with E-state index in [0.29, 0.717) is 6.04 Å². The molecule has 0 heterocycles. The number of halogens is 1. The Morgan fingerprint density at radius 1 is 1.29 bits per heavy atom. The summed E-state index contributed by atoms with van der Waals surface area (Å²) < 4.78 is 3.13. The molecule has 1 atom stereocenters. The third kappa shape index (κ3) is 3.29. The van der Waals surface area contributed by atoms with E-state index in [4.69, 9.17) is 0 Å². The zero-order valence-corrected chi connectivity index (χ0v) is 7.19. The maximum atomic E-state index is 3.13. The molecular formula is C5H12IN. The van der Waals surface area contributed by atoms with Crippen LogP contribution < -0.4 is 3.53 Å². The molecule has 2 heteroatoms. The van der Waals surface area contributed by atoms with Crippen LogP contribution in [0.25, 0.3) is 0 Å². The van der Waals surface area contributed by atoms with Crippen molar-refractivity contribution < 1.29 is 0 Å². The van der Waals surface area contributed by atoms with Gasteiger partial charge in [-0.3, -0.25) is 3.53 Å². The first-order valence-corrected chi connectivity index (χ1v) is 3.62. The third-order valence-electron chi connectivity index (χ3n) is 1.17. The smallest absolute Gasteiger partial charge is 0.0172 e. The summed E-state index contributed by atoms with van der Waals surface area (Å²) in [6.45, 7) is 6.59. The molecule has 0 fully saturated rings. The molecular weight excluding hydrogens is 201 g/mol. The highest BCUT2D eigenvalue weighted by Gasteiger charge is 2.01. The van der Waals surface area contributed by atoms with Gasteiger partial charge in [-0.2, -0.15) is 0 Å². The summed E-state index contributed by atoms with van der Waals surface area (Å²) >= 11 is 2.18. The van der Waals surface area contributed by atoms with Crippen molar-refractivity contribution >= 4 is 22.9 Å². The third-order valence-corrected chi connectivity index (χ3v) is 2.15. The van der Waals surface area contributed by atoms with Gasteiger partial charge in [0.1, 0.15) is 0 Å². The molecule has 0 aromatic rings. The Labute approximate surface area is 59.4 Å². The first-order valence-electron chi connectivity index (χ1n) is 2.54. The fraction of sp³-hybridized carbons (Fsp3) is 1.00. The zero-order chi connectivity index (χ0) is 5.86. The number of nitrogens with one attached hydrogen (secondary N) is 1. The molecule has 1 nitrogen and oxygen atoms in total. The molecule has 0 saturated heterocycles. The van der Waals surface area contributed by atoms with Gasteiger partial charge in [0, 0.05) is 28.9 Å². The fourth-order valence-corrected chi connectivity index (χ4v) is 0.845. The predicted molar refractivity (Wildman–Crippen MR) is 41.5 cm³/mol. The van der Waals surface area contributed by atoms with Crippen LogP contribution in [-0.2, 0) is 0 Å². The minimum absolute atomic E-state index is 0.639. The quantitative estimate of drug-likeness (QED) is 0.546. The topological polar surface area (TPSA) is 12.0 Å². The van der Waals surface area contributed by atoms with Crippen molar-refractivity contribution in [1.29, 1.82) is 0 Å². The largest absolute Gasteiger partial charge is 0.258 e. The van der Waals surface area contributed by atoms with Crippen LogP contribution in [0.2, 0.25) is 0 Å². The van der Waals surface area contributed by atoms with E-state index in [9.17, 15) is 0 Å². The summed E-state index contributed by atoms with van der Waals surface area (Å²) in [6.07, 6.45) is 0.